The summed E-state index contributed by atoms with van der Waals surface area (Å²) in [6.07, 6.45) is 2.64. The van der Waals surface area contributed by atoms with E-state index in [2.05, 4.69) is 30.3 Å². The Morgan fingerprint density at radius 1 is 0.968 bits per heavy atom. The van der Waals surface area contributed by atoms with E-state index in [9.17, 15) is 0 Å². The van der Waals surface area contributed by atoms with Gasteiger partial charge in [-0.2, -0.15) is 4.98 Å². The van der Waals surface area contributed by atoms with E-state index in [1.54, 1.807) is 6.33 Å². The molecule has 0 saturated heterocycles. The van der Waals surface area contributed by atoms with Crippen molar-refractivity contribution in [3.63, 3.8) is 0 Å². The van der Waals surface area contributed by atoms with Crippen molar-refractivity contribution in [2.45, 2.75) is 19.8 Å². The molecule has 0 unspecified atom stereocenters. The first kappa shape index (κ1) is 17.6. The maximum Gasteiger partial charge on any atom is 0.283 e. The molecule has 0 radical (unpaired) electrons. The number of hydrogen-bond acceptors (Lipinski definition) is 8. The van der Waals surface area contributed by atoms with Crippen LogP contribution in [0.1, 0.15) is 17.3 Å². The van der Waals surface area contributed by atoms with Crippen molar-refractivity contribution in [1.82, 2.24) is 30.3 Å². The van der Waals surface area contributed by atoms with E-state index >= 15 is 0 Å². The van der Waals surface area contributed by atoms with Crippen LogP contribution in [0.15, 0.2) is 62.1 Å². The van der Waals surface area contributed by atoms with Gasteiger partial charge in [0.1, 0.15) is 5.58 Å². The summed E-state index contributed by atoms with van der Waals surface area (Å²) >= 11 is 0. The lowest BCUT2D eigenvalue weighted by Gasteiger charge is -1.98. The Kier molecular flexibility index (Phi) is 3.92. The first-order valence-electron chi connectivity index (χ1n) is 9.81. The molecular formula is C22H16N6O3. The Morgan fingerprint density at radius 3 is 2.81 bits per heavy atom. The Hall–Kier alpha value is -4.27. The number of rotatable bonds is 5. The van der Waals surface area contributed by atoms with Gasteiger partial charge in [-0.25, -0.2) is 4.98 Å². The van der Waals surface area contributed by atoms with E-state index in [4.69, 9.17) is 13.4 Å². The normalized spacial score (nSPS) is 11.6. The minimum absolute atomic E-state index is 0.348. The summed E-state index contributed by atoms with van der Waals surface area (Å²) in [5.41, 5.74) is 4.56. The monoisotopic (exact) mass is 412 g/mol. The molecule has 0 bridgehead atoms. The first-order chi connectivity index (χ1) is 15.2. The highest BCUT2D eigenvalue weighted by molar-refractivity contribution is 5.83. The van der Waals surface area contributed by atoms with Crippen LogP contribution in [0.25, 0.3) is 45.0 Å². The Morgan fingerprint density at radius 2 is 1.87 bits per heavy atom. The highest BCUT2D eigenvalue weighted by Gasteiger charge is 2.16. The smallest absolute Gasteiger partial charge is 0.283 e. The molecule has 6 rings (SSSR count). The van der Waals surface area contributed by atoms with Crippen molar-refractivity contribution in [1.29, 1.82) is 0 Å². The number of furan rings is 1. The number of para-hydroxylation sites is 1. The van der Waals surface area contributed by atoms with Crippen LogP contribution in [0.5, 0.6) is 0 Å². The number of H-pyrrole nitrogens is 1. The second-order valence-electron chi connectivity index (χ2n) is 7.25. The highest BCUT2D eigenvalue weighted by Crippen LogP contribution is 2.27. The van der Waals surface area contributed by atoms with Crippen LogP contribution >= 0.6 is 0 Å². The Bertz CT molecular complexity index is 1490. The summed E-state index contributed by atoms with van der Waals surface area (Å²) in [6, 6.07) is 13.6. The lowest BCUT2D eigenvalue weighted by atomic mass is 10.1. The topological polar surface area (TPSA) is 120 Å². The van der Waals surface area contributed by atoms with E-state index in [1.165, 1.54) is 0 Å². The van der Waals surface area contributed by atoms with Gasteiger partial charge in [0.25, 0.3) is 5.89 Å². The maximum atomic E-state index is 5.77. The van der Waals surface area contributed by atoms with Gasteiger partial charge >= 0.3 is 0 Å². The van der Waals surface area contributed by atoms with E-state index in [0.29, 0.717) is 42.1 Å². The SMILES string of the molecule is Cc1cc(-c2noc(CCc3nnc(-c4cc5ccccc5o4)o3)n2)cc2[nH]cnc12. The van der Waals surface area contributed by atoms with E-state index in [-0.39, 0.29) is 0 Å². The molecule has 9 nitrogen and oxygen atoms in total. The number of nitrogens with zero attached hydrogens (tertiary/aromatic N) is 5. The van der Waals surface area contributed by atoms with Crippen molar-refractivity contribution >= 4 is 22.0 Å². The first-order valence-corrected chi connectivity index (χ1v) is 9.81. The second-order valence-corrected chi connectivity index (χ2v) is 7.25. The van der Waals surface area contributed by atoms with Gasteiger partial charge in [0.2, 0.25) is 17.6 Å². The molecule has 1 N–H and O–H groups in total. The van der Waals surface area contributed by atoms with Crippen LogP contribution in [0, 0.1) is 6.92 Å². The second kappa shape index (κ2) is 6.91. The fraction of sp³-hybridized carbons (Fsp3) is 0.136. The predicted octanol–water partition coefficient (Wildman–Crippen LogP) is 4.50. The largest absolute Gasteiger partial charge is 0.451 e. The number of aryl methyl sites for hydroxylation is 3. The number of hydrogen-bond donors (Lipinski definition) is 1. The zero-order valence-corrected chi connectivity index (χ0v) is 16.5. The number of benzene rings is 2. The van der Waals surface area contributed by atoms with Gasteiger partial charge < -0.3 is 18.3 Å². The van der Waals surface area contributed by atoms with Crippen molar-refractivity contribution in [3.05, 3.63) is 66.1 Å². The van der Waals surface area contributed by atoms with E-state index in [0.717, 1.165) is 33.1 Å². The summed E-state index contributed by atoms with van der Waals surface area (Å²) in [6.45, 7) is 2.00. The van der Waals surface area contributed by atoms with Gasteiger partial charge in [-0.1, -0.05) is 23.4 Å². The summed E-state index contributed by atoms with van der Waals surface area (Å²) < 4.78 is 16.9. The quantitative estimate of drug-likeness (QED) is 0.439. The fourth-order valence-electron chi connectivity index (χ4n) is 3.59. The lowest BCUT2D eigenvalue weighted by Crippen LogP contribution is -1.92. The van der Waals surface area contributed by atoms with Gasteiger partial charge in [0.15, 0.2) is 5.76 Å². The number of imidazole rings is 1. The van der Waals surface area contributed by atoms with Crippen LogP contribution in [-0.2, 0) is 12.8 Å². The van der Waals surface area contributed by atoms with Crippen molar-refractivity contribution < 1.29 is 13.4 Å². The molecule has 4 aromatic heterocycles. The number of fused-ring (bicyclic) bond motifs is 2. The predicted molar refractivity (Wildman–Crippen MR) is 111 cm³/mol. The lowest BCUT2D eigenvalue weighted by molar-refractivity contribution is 0.373. The summed E-state index contributed by atoms with van der Waals surface area (Å²) in [5, 5.41) is 13.3. The van der Waals surface area contributed by atoms with Crippen LogP contribution in [-0.4, -0.2) is 30.3 Å². The molecule has 4 heterocycles. The summed E-state index contributed by atoms with van der Waals surface area (Å²) in [4.78, 5) is 11.9. The molecule has 0 atom stereocenters. The third-order valence-electron chi connectivity index (χ3n) is 5.10. The molecule has 0 saturated carbocycles. The summed E-state index contributed by atoms with van der Waals surface area (Å²) in [5.74, 6) is 2.40. The molecule has 2 aromatic carbocycles. The molecule has 0 aliphatic carbocycles. The molecule has 0 spiro atoms. The van der Waals surface area contributed by atoms with Crippen LogP contribution in [0.4, 0.5) is 0 Å². The van der Waals surface area contributed by atoms with Crippen molar-refractivity contribution in [2.75, 3.05) is 0 Å². The van der Waals surface area contributed by atoms with Gasteiger partial charge in [-0.3, -0.25) is 0 Å². The molecule has 6 aromatic rings. The minimum atomic E-state index is 0.348. The third kappa shape index (κ3) is 3.16. The molecule has 152 valence electrons. The molecule has 31 heavy (non-hydrogen) atoms. The van der Waals surface area contributed by atoms with E-state index in [1.807, 2.05) is 49.4 Å². The highest BCUT2D eigenvalue weighted by atomic mass is 16.5. The molecule has 0 amide bonds. The molecule has 0 aliphatic heterocycles. The van der Waals surface area contributed by atoms with Gasteiger partial charge in [0.05, 0.1) is 17.4 Å². The number of aromatic nitrogens is 6. The maximum absolute atomic E-state index is 5.77. The molecule has 0 aliphatic rings. The van der Waals surface area contributed by atoms with Gasteiger partial charge in [-0.05, 0) is 36.8 Å². The summed E-state index contributed by atoms with van der Waals surface area (Å²) in [7, 11) is 0. The van der Waals surface area contributed by atoms with Crippen molar-refractivity contribution in [3.8, 4) is 23.0 Å². The van der Waals surface area contributed by atoms with Crippen LogP contribution < -0.4 is 0 Å². The molecule has 9 heteroatoms. The van der Waals surface area contributed by atoms with Gasteiger partial charge in [-0.15, -0.1) is 10.2 Å². The Labute approximate surface area is 175 Å². The van der Waals surface area contributed by atoms with Gasteiger partial charge in [0, 0.05) is 23.8 Å². The minimum Gasteiger partial charge on any atom is -0.451 e. The van der Waals surface area contributed by atoms with Crippen molar-refractivity contribution in [2.24, 2.45) is 0 Å². The zero-order valence-electron chi connectivity index (χ0n) is 16.5. The van der Waals surface area contributed by atoms with E-state index < -0.39 is 0 Å². The zero-order chi connectivity index (χ0) is 20.8. The number of nitrogens with one attached hydrogen (secondary N) is 1. The third-order valence-corrected chi connectivity index (χ3v) is 5.10. The average molecular weight is 412 g/mol. The molecule has 0 fully saturated rings. The molecular weight excluding hydrogens is 396 g/mol. The average Bonchev–Trinajstić information content (AvgIpc) is 3.57. The van der Waals surface area contributed by atoms with Crippen LogP contribution in [0.3, 0.4) is 0 Å². The fourth-order valence-corrected chi connectivity index (χ4v) is 3.59. The Balaban J connectivity index is 1.18. The standard InChI is InChI=1S/C22H16N6O3/c1-12-8-14(9-15-20(12)24-11-23-15)21-25-18(31-28-21)6-7-19-26-27-22(30-19)17-10-13-4-2-3-5-16(13)29-17/h2-5,8-11H,6-7H2,1H3,(H,23,24). The number of aromatic amines is 1. The van der Waals surface area contributed by atoms with Crippen LogP contribution in [0.2, 0.25) is 0 Å².